The molecule has 1 N–H and O–H groups in total. The van der Waals surface area contributed by atoms with E-state index < -0.39 is 0 Å². The van der Waals surface area contributed by atoms with Gasteiger partial charge in [-0.2, -0.15) is 0 Å². The fourth-order valence-electron chi connectivity index (χ4n) is 1.51. The average molecular weight is 217 g/mol. The second-order valence-corrected chi connectivity index (χ2v) is 4.58. The molecule has 0 aliphatic heterocycles. The molecule has 78 valence electrons. The van der Waals surface area contributed by atoms with Gasteiger partial charge in [0.1, 0.15) is 0 Å². The minimum atomic E-state index is 0.435. The van der Waals surface area contributed by atoms with Gasteiger partial charge in [0.25, 0.3) is 0 Å². The Hall–Kier alpha value is -1.12. The van der Waals surface area contributed by atoms with E-state index in [0.717, 1.165) is 6.54 Å². The molecule has 0 amide bonds. The topological polar surface area (TPSA) is 12.0 Å². The molecule has 1 unspecified atom stereocenters. The van der Waals surface area contributed by atoms with E-state index in [2.05, 4.69) is 54.0 Å². The first-order valence-corrected chi connectivity index (χ1v) is 6.05. The van der Waals surface area contributed by atoms with Gasteiger partial charge in [-0.3, -0.25) is 0 Å². The highest BCUT2D eigenvalue weighted by Gasteiger charge is 2.04. The van der Waals surface area contributed by atoms with Crippen molar-refractivity contribution < 1.29 is 0 Å². The van der Waals surface area contributed by atoms with E-state index in [1.807, 2.05) is 6.07 Å². The Labute approximate surface area is 94.8 Å². The van der Waals surface area contributed by atoms with Crippen molar-refractivity contribution in [1.29, 1.82) is 0 Å². The molecule has 0 spiro atoms. The Kier molecular flexibility index (Phi) is 3.54. The molecular formula is C13H15NS. The molecule has 1 aromatic carbocycles. The summed E-state index contributed by atoms with van der Waals surface area (Å²) in [5.74, 6) is 0. The van der Waals surface area contributed by atoms with Gasteiger partial charge in [0, 0.05) is 17.5 Å². The molecule has 1 nitrogen and oxygen atoms in total. The van der Waals surface area contributed by atoms with E-state index in [1.54, 1.807) is 11.3 Å². The van der Waals surface area contributed by atoms with Crippen molar-refractivity contribution in [2.24, 2.45) is 0 Å². The van der Waals surface area contributed by atoms with E-state index in [4.69, 9.17) is 0 Å². The Bertz CT molecular complexity index is 380. The zero-order valence-electron chi connectivity index (χ0n) is 8.81. The predicted molar refractivity (Wildman–Crippen MR) is 66.0 cm³/mol. The van der Waals surface area contributed by atoms with Crippen LogP contribution < -0.4 is 5.32 Å². The maximum Gasteiger partial charge on any atom is 0.0388 e. The van der Waals surface area contributed by atoms with Gasteiger partial charge < -0.3 is 5.32 Å². The smallest absolute Gasteiger partial charge is 0.0388 e. The van der Waals surface area contributed by atoms with E-state index in [1.165, 1.54) is 10.4 Å². The summed E-state index contributed by atoms with van der Waals surface area (Å²) in [4.78, 5) is 1.39. The van der Waals surface area contributed by atoms with Gasteiger partial charge in [0.2, 0.25) is 0 Å². The second kappa shape index (κ2) is 5.10. The first-order chi connectivity index (χ1) is 7.36. The standard InChI is InChI=1S/C13H15NS/c1-11(13-8-5-9-15-13)14-10-12-6-3-2-4-7-12/h2-9,11,14H,10H2,1H3. The lowest BCUT2D eigenvalue weighted by Gasteiger charge is -2.11. The van der Waals surface area contributed by atoms with Gasteiger partial charge >= 0.3 is 0 Å². The lowest BCUT2D eigenvalue weighted by molar-refractivity contribution is 0.583. The van der Waals surface area contributed by atoms with Crippen molar-refractivity contribution in [3.63, 3.8) is 0 Å². The number of hydrogen-bond acceptors (Lipinski definition) is 2. The molecule has 2 aromatic rings. The Balaban J connectivity index is 1.89. The molecular weight excluding hydrogens is 202 g/mol. The van der Waals surface area contributed by atoms with Crippen LogP contribution in [-0.4, -0.2) is 0 Å². The highest BCUT2D eigenvalue weighted by Crippen LogP contribution is 2.18. The summed E-state index contributed by atoms with van der Waals surface area (Å²) >= 11 is 1.80. The highest BCUT2D eigenvalue weighted by atomic mass is 32.1. The van der Waals surface area contributed by atoms with E-state index in [9.17, 15) is 0 Å². The lowest BCUT2D eigenvalue weighted by atomic mass is 10.2. The molecule has 1 aromatic heterocycles. The van der Waals surface area contributed by atoms with Crippen molar-refractivity contribution >= 4 is 11.3 Å². The molecule has 0 saturated carbocycles. The number of hydrogen-bond donors (Lipinski definition) is 1. The first-order valence-electron chi connectivity index (χ1n) is 5.17. The normalized spacial score (nSPS) is 12.6. The van der Waals surface area contributed by atoms with Crippen LogP contribution in [0.15, 0.2) is 47.8 Å². The van der Waals surface area contributed by atoms with Gasteiger partial charge in [-0.25, -0.2) is 0 Å². The zero-order chi connectivity index (χ0) is 10.5. The number of nitrogens with one attached hydrogen (secondary N) is 1. The molecule has 0 aliphatic rings. The predicted octanol–water partition coefficient (Wildman–Crippen LogP) is 3.60. The summed E-state index contributed by atoms with van der Waals surface area (Å²) in [5.41, 5.74) is 1.33. The van der Waals surface area contributed by atoms with Crippen LogP contribution in [0.3, 0.4) is 0 Å². The maximum absolute atomic E-state index is 3.51. The fraction of sp³-hybridized carbons (Fsp3) is 0.231. The van der Waals surface area contributed by atoms with Crippen molar-refractivity contribution in [1.82, 2.24) is 5.32 Å². The van der Waals surface area contributed by atoms with Crippen LogP contribution in [0, 0.1) is 0 Å². The van der Waals surface area contributed by atoms with Crippen LogP contribution in [0.2, 0.25) is 0 Å². The summed E-state index contributed by atoms with van der Waals surface area (Å²) in [6, 6.07) is 15.2. The summed E-state index contributed by atoms with van der Waals surface area (Å²) in [7, 11) is 0. The van der Waals surface area contributed by atoms with Crippen LogP contribution in [0.4, 0.5) is 0 Å². The molecule has 1 atom stereocenters. The lowest BCUT2D eigenvalue weighted by Crippen LogP contribution is -2.16. The largest absolute Gasteiger partial charge is 0.305 e. The molecule has 1 heterocycles. The molecule has 0 bridgehead atoms. The summed E-state index contributed by atoms with van der Waals surface area (Å²) in [6.07, 6.45) is 0. The summed E-state index contributed by atoms with van der Waals surface area (Å²) in [5, 5.41) is 5.63. The zero-order valence-corrected chi connectivity index (χ0v) is 9.63. The van der Waals surface area contributed by atoms with E-state index >= 15 is 0 Å². The van der Waals surface area contributed by atoms with Crippen molar-refractivity contribution in [2.75, 3.05) is 0 Å². The van der Waals surface area contributed by atoms with Gasteiger partial charge in [0.15, 0.2) is 0 Å². The number of thiophene rings is 1. The Morgan fingerprint density at radius 2 is 1.93 bits per heavy atom. The van der Waals surface area contributed by atoms with Crippen molar-refractivity contribution in [2.45, 2.75) is 19.5 Å². The monoisotopic (exact) mass is 217 g/mol. The number of benzene rings is 1. The molecule has 0 saturated heterocycles. The average Bonchev–Trinajstić information content (AvgIpc) is 2.81. The van der Waals surface area contributed by atoms with Crippen LogP contribution in [0.5, 0.6) is 0 Å². The van der Waals surface area contributed by atoms with Gasteiger partial charge in [-0.1, -0.05) is 36.4 Å². The minimum absolute atomic E-state index is 0.435. The third-order valence-electron chi connectivity index (χ3n) is 2.43. The highest BCUT2D eigenvalue weighted by molar-refractivity contribution is 7.10. The summed E-state index contributed by atoms with van der Waals surface area (Å²) < 4.78 is 0. The molecule has 0 radical (unpaired) electrons. The third kappa shape index (κ3) is 2.91. The Morgan fingerprint density at radius 1 is 1.13 bits per heavy atom. The molecule has 2 heteroatoms. The van der Waals surface area contributed by atoms with Crippen LogP contribution in [0.1, 0.15) is 23.4 Å². The van der Waals surface area contributed by atoms with Gasteiger partial charge in [-0.05, 0) is 23.9 Å². The van der Waals surface area contributed by atoms with E-state index in [-0.39, 0.29) is 0 Å². The van der Waals surface area contributed by atoms with E-state index in [0.29, 0.717) is 6.04 Å². The van der Waals surface area contributed by atoms with Crippen LogP contribution in [-0.2, 0) is 6.54 Å². The number of rotatable bonds is 4. The second-order valence-electron chi connectivity index (χ2n) is 3.60. The Morgan fingerprint density at radius 3 is 2.60 bits per heavy atom. The maximum atomic E-state index is 3.51. The third-order valence-corrected chi connectivity index (χ3v) is 3.48. The van der Waals surface area contributed by atoms with Crippen LogP contribution in [0.25, 0.3) is 0 Å². The fourth-order valence-corrected chi connectivity index (χ4v) is 2.26. The van der Waals surface area contributed by atoms with Crippen molar-refractivity contribution in [3.8, 4) is 0 Å². The SMILES string of the molecule is CC(NCc1ccccc1)c1cccs1. The van der Waals surface area contributed by atoms with Crippen molar-refractivity contribution in [3.05, 3.63) is 58.3 Å². The van der Waals surface area contributed by atoms with Crippen LogP contribution >= 0.6 is 11.3 Å². The quantitative estimate of drug-likeness (QED) is 0.825. The van der Waals surface area contributed by atoms with Gasteiger partial charge in [0.05, 0.1) is 0 Å². The summed E-state index contributed by atoms with van der Waals surface area (Å²) in [6.45, 7) is 3.13. The molecule has 0 fully saturated rings. The molecule has 0 aliphatic carbocycles. The molecule has 15 heavy (non-hydrogen) atoms. The minimum Gasteiger partial charge on any atom is -0.305 e. The molecule has 2 rings (SSSR count). The van der Waals surface area contributed by atoms with Gasteiger partial charge in [-0.15, -0.1) is 11.3 Å². The first kappa shape index (κ1) is 10.4.